The van der Waals surface area contributed by atoms with Gasteiger partial charge >= 0.3 is 0 Å². The van der Waals surface area contributed by atoms with Crippen LogP contribution in [0, 0.1) is 5.92 Å². The van der Waals surface area contributed by atoms with Gasteiger partial charge in [-0.3, -0.25) is 14.4 Å². The van der Waals surface area contributed by atoms with Gasteiger partial charge in [0.1, 0.15) is 0 Å². The van der Waals surface area contributed by atoms with Crippen LogP contribution < -0.4 is 15.5 Å². The van der Waals surface area contributed by atoms with Crippen LogP contribution in [0.2, 0.25) is 5.02 Å². The van der Waals surface area contributed by atoms with Gasteiger partial charge < -0.3 is 15.5 Å². The monoisotopic (exact) mass is 447 g/mol. The second-order valence-corrected chi connectivity index (χ2v) is 7.97. The largest absolute Gasteiger partial charge is 0.348 e. The lowest BCUT2D eigenvalue weighted by atomic mass is 10.1. The van der Waals surface area contributed by atoms with E-state index in [1.807, 2.05) is 30.3 Å². The van der Waals surface area contributed by atoms with E-state index in [4.69, 9.17) is 11.6 Å². The molecule has 1 heterocycles. The van der Waals surface area contributed by atoms with Gasteiger partial charge in [-0.15, -0.1) is 0 Å². The summed E-state index contributed by atoms with van der Waals surface area (Å²) in [5, 5.41) is 6.16. The molecule has 7 heteroatoms. The van der Waals surface area contributed by atoms with Crippen LogP contribution in [0.15, 0.2) is 78.9 Å². The van der Waals surface area contributed by atoms with E-state index in [1.54, 1.807) is 48.5 Å². The minimum absolute atomic E-state index is 0.0828. The molecule has 0 radical (unpaired) electrons. The molecule has 0 saturated carbocycles. The van der Waals surface area contributed by atoms with Crippen molar-refractivity contribution in [2.24, 2.45) is 5.92 Å². The first-order chi connectivity index (χ1) is 15.5. The summed E-state index contributed by atoms with van der Waals surface area (Å²) in [4.78, 5) is 39.7. The van der Waals surface area contributed by atoms with E-state index in [0.29, 0.717) is 28.5 Å². The molecule has 3 amide bonds. The number of benzene rings is 3. The molecule has 4 rings (SSSR count). The van der Waals surface area contributed by atoms with Gasteiger partial charge in [0.15, 0.2) is 0 Å². The van der Waals surface area contributed by atoms with E-state index in [-0.39, 0.29) is 30.7 Å². The number of carbonyl (C=O) groups is 3. The molecule has 2 N–H and O–H groups in total. The summed E-state index contributed by atoms with van der Waals surface area (Å²) >= 11 is 6.22. The van der Waals surface area contributed by atoms with E-state index in [2.05, 4.69) is 10.6 Å². The van der Waals surface area contributed by atoms with Gasteiger partial charge in [-0.2, -0.15) is 0 Å². The zero-order valence-corrected chi connectivity index (χ0v) is 18.0. The van der Waals surface area contributed by atoms with E-state index in [9.17, 15) is 14.4 Å². The summed E-state index contributed by atoms with van der Waals surface area (Å²) in [6, 6.07) is 23.5. The molecule has 1 fully saturated rings. The Balaban J connectivity index is 1.43. The molecule has 0 bridgehead atoms. The zero-order valence-electron chi connectivity index (χ0n) is 17.3. The normalized spacial score (nSPS) is 15.5. The topological polar surface area (TPSA) is 78.5 Å². The van der Waals surface area contributed by atoms with Gasteiger partial charge in [-0.25, -0.2) is 0 Å². The number of nitrogens with zero attached hydrogens (tertiary/aromatic N) is 1. The van der Waals surface area contributed by atoms with Gasteiger partial charge in [0.25, 0.3) is 5.91 Å². The Kier molecular flexibility index (Phi) is 6.52. The van der Waals surface area contributed by atoms with Crippen molar-refractivity contribution in [3.8, 4) is 0 Å². The first-order valence-electron chi connectivity index (χ1n) is 10.3. The summed E-state index contributed by atoms with van der Waals surface area (Å²) in [7, 11) is 0. The minimum atomic E-state index is -0.542. The molecule has 0 aromatic heterocycles. The summed E-state index contributed by atoms with van der Waals surface area (Å²) < 4.78 is 0. The highest BCUT2D eigenvalue weighted by molar-refractivity contribution is 6.34. The van der Waals surface area contributed by atoms with Crippen molar-refractivity contribution in [2.45, 2.75) is 13.0 Å². The third-order valence-corrected chi connectivity index (χ3v) is 5.68. The second kappa shape index (κ2) is 9.66. The first kappa shape index (κ1) is 21.6. The molecular formula is C25H22ClN3O3. The number of carbonyl (C=O) groups excluding carboxylic acids is 3. The lowest BCUT2D eigenvalue weighted by molar-refractivity contribution is -0.122. The second-order valence-electron chi connectivity index (χ2n) is 7.56. The van der Waals surface area contributed by atoms with E-state index in [1.165, 1.54) is 4.90 Å². The molecule has 1 saturated heterocycles. The van der Waals surface area contributed by atoms with Crippen LogP contribution in [0.5, 0.6) is 0 Å². The summed E-state index contributed by atoms with van der Waals surface area (Å²) in [6.45, 7) is 0.614. The smallest absolute Gasteiger partial charge is 0.253 e. The van der Waals surface area contributed by atoms with E-state index in [0.717, 1.165) is 5.56 Å². The van der Waals surface area contributed by atoms with E-state index < -0.39 is 5.92 Å². The quantitative estimate of drug-likeness (QED) is 0.592. The number of rotatable bonds is 6. The molecular weight excluding hydrogens is 426 g/mol. The predicted molar refractivity (Wildman–Crippen MR) is 125 cm³/mol. The number of para-hydroxylation sites is 2. The summed E-state index contributed by atoms with van der Waals surface area (Å²) in [5.74, 6) is -1.30. The van der Waals surface area contributed by atoms with Gasteiger partial charge in [-0.1, -0.05) is 66.2 Å². The lowest BCUT2D eigenvalue weighted by Crippen LogP contribution is -2.29. The average Bonchev–Trinajstić information content (AvgIpc) is 3.20. The van der Waals surface area contributed by atoms with Crippen molar-refractivity contribution in [3.63, 3.8) is 0 Å². The number of halogens is 1. The molecule has 1 unspecified atom stereocenters. The molecule has 162 valence electrons. The fourth-order valence-electron chi connectivity index (χ4n) is 3.69. The molecule has 1 aliphatic rings. The van der Waals surface area contributed by atoms with Crippen LogP contribution in [0.1, 0.15) is 22.3 Å². The molecule has 0 spiro atoms. The Morgan fingerprint density at radius 2 is 1.62 bits per heavy atom. The number of hydrogen-bond acceptors (Lipinski definition) is 3. The van der Waals surface area contributed by atoms with E-state index >= 15 is 0 Å². The van der Waals surface area contributed by atoms with Crippen molar-refractivity contribution < 1.29 is 14.4 Å². The molecule has 6 nitrogen and oxygen atoms in total. The Bertz CT molecular complexity index is 1150. The van der Waals surface area contributed by atoms with Gasteiger partial charge in [0.2, 0.25) is 11.8 Å². The first-order valence-corrected chi connectivity index (χ1v) is 10.7. The maximum absolute atomic E-state index is 12.9. The molecule has 1 aliphatic heterocycles. The zero-order chi connectivity index (χ0) is 22.5. The number of anilines is 2. The fourth-order valence-corrected chi connectivity index (χ4v) is 3.92. The van der Waals surface area contributed by atoms with Gasteiger partial charge in [-0.05, 0) is 29.8 Å². The minimum Gasteiger partial charge on any atom is -0.348 e. The highest BCUT2D eigenvalue weighted by atomic mass is 35.5. The van der Waals surface area contributed by atoms with Crippen molar-refractivity contribution >= 4 is 40.7 Å². The highest BCUT2D eigenvalue weighted by Gasteiger charge is 2.36. The molecule has 3 aromatic carbocycles. The standard InChI is InChI=1S/C25H22ClN3O3/c26-20-11-5-7-13-22(20)29-16-18(14-23(29)30)24(31)28-21-12-6-4-10-19(21)25(32)27-15-17-8-2-1-3-9-17/h1-13,18H,14-16H2,(H,27,32)(H,28,31). The third kappa shape index (κ3) is 4.81. The summed E-state index contributed by atoms with van der Waals surface area (Å²) in [6.07, 6.45) is 0.0828. The predicted octanol–water partition coefficient (Wildman–Crippen LogP) is 4.26. The molecule has 0 aliphatic carbocycles. The van der Waals surface area contributed by atoms with Gasteiger partial charge in [0, 0.05) is 19.5 Å². The third-order valence-electron chi connectivity index (χ3n) is 5.36. The van der Waals surface area contributed by atoms with Crippen LogP contribution in [-0.4, -0.2) is 24.3 Å². The van der Waals surface area contributed by atoms with Crippen LogP contribution >= 0.6 is 11.6 Å². The Hall–Kier alpha value is -3.64. The summed E-state index contributed by atoms with van der Waals surface area (Å²) in [5.41, 5.74) is 2.34. The number of nitrogens with one attached hydrogen (secondary N) is 2. The molecule has 32 heavy (non-hydrogen) atoms. The highest BCUT2D eigenvalue weighted by Crippen LogP contribution is 2.31. The maximum atomic E-state index is 12.9. The number of hydrogen-bond donors (Lipinski definition) is 2. The van der Waals surface area contributed by atoms with Crippen LogP contribution in [-0.2, 0) is 16.1 Å². The van der Waals surface area contributed by atoms with Gasteiger partial charge in [0.05, 0.1) is 27.9 Å². The maximum Gasteiger partial charge on any atom is 0.253 e. The Morgan fingerprint density at radius 1 is 0.938 bits per heavy atom. The molecule has 3 aromatic rings. The van der Waals surface area contributed by atoms with Crippen LogP contribution in [0.25, 0.3) is 0 Å². The van der Waals surface area contributed by atoms with Crippen molar-refractivity contribution in [1.29, 1.82) is 0 Å². The lowest BCUT2D eigenvalue weighted by Gasteiger charge is -2.18. The van der Waals surface area contributed by atoms with Crippen molar-refractivity contribution in [1.82, 2.24) is 5.32 Å². The van der Waals surface area contributed by atoms with Crippen molar-refractivity contribution in [2.75, 3.05) is 16.8 Å². The average molecular weight is 448 g/mol. The fraction of sp³-hybridized carbons (Fsp3) is 0.160. The number of amides is 3. The Labute approximate surface area is 191 Å². The molecule has 1 atom stereocenters. The van der Waals surface area contributed by atoms with Crippen LogP contribution in [0.3, 0.4) is 0 Å². The SMILES string of the molecule is O=C(NCc1ccccc1)c1ccccc1NC(=O)C1CC(=O)N(c2ccccc2Cl)C1. The van der Waals surface area contributed by atoms with Crippen LogP contribution in [0.4, 0.5) is 11.4 Å². The Morgan fingerprint density at radius 3 is 2.41 bits per heavy atom. The van der Waals surface area contributed by atoms with Crippen molar-refractivity contribution in [3.05, 3.63) is 95.0 Å².